The third kappa shape index (κ3) is 6.01. The van der Waals surface area contributed by atoms with Gasteiger partial charge in [0.1, 0.15) is 0 Å². The van der Waals surface area contributed by atoms with Gasteiger partial charge in [-0.15, -0.1) is 0 Å². The summed E-state index contributed by atoms with van der Waals surface area (Å²) in [6, 6.07) is 9.61. The molecule has 0 saturated carbocycles. The van der Waals surface area contributed by atoms with Crippen LogP contribution in [0.1, 0.15) is 18.9 Å². The van der Waals surface area contributed by atoms with Crippen molar-refractivity contribution in [2.45, 2.75) is 19.9 Å². The predicted molar refractivity (Wildman–Crippen MR) is 70.8 cm³/mol. The van der Waals surface area contributed by atoms with E-state index in [1.807, 2.05) is 35.2 Å². The van der Waals surface area contributed by atoms with Gasteiger partial charge >= 0.3 is 11.9 Å². The van der Waals surface area contributed by atoms with E-state index in [9.17, 15) is 9.59 Å². The second-order valence-electron chi connectivity index (χ2n) is 4.60. The third-order valence-electron chi connectivity index (χ3n) is 2.84. The highest BCUT2D eigenvalue weighted by Crippen LogP contribution is 2.08. The van der Waals surface area contributed by atoms with E-state index < -0.39 is 17.9 Å². The first-order chi connectivity index (χ1) is 8.99. The van der Waals surface area contributed by atoms with Crippen LogP contribution in [0, 0.1) is 5.92 Å². The van der Waals surface area contributed by atoms with E-state index in [-0.39, 0.29) is 6.42 Å². The van der Waals surface area contributed by atoms with Crippen LogP contribution in [0.2, 0.25) is 0 Å². The van der Waals surface area contributed by atoms with Crippen LogP contribution in [-0.2, 0) is 16.1 Å². The average molecular weight is 265 g/mol. The molecular weight excluding hydrogens is 246 g/mol. The van der Waals surface area contributed by atoms with Crippen molar-refractivity contribution in [2.75, 3.05) is 13.1 Å². The molecule has 19 heavy (non-hydrogen) atoms. The Morgan fingerprint density at radius 1 is 1.21 bits per heavy atom. The molecule has 0 spiro atoms. The molecule has 0 aliphatic rings. The fourth-order valence-electron chi connectivity index (χ4n) is 1.80. The minimum absolute atomic E-state index is 0.0131. The highest BCUT2D eigenvalue weighted by molar-refractivity contribution is 5.69. The van der Waals surface area contributed by atoms with Crippen molar-refractivity contribution in [3.63, 3.8) is 0 Å². The first kappa shape index (κ1) is 15.2. The molecule has 0 saturated heterocycles. The molecule has 0 aliphatic heterocycles. The molecule has 1 aromatic rings. The minimum Gasteiger partial charge on any atom is -0.481 e. The molecule has 1 rings (SSSR count). The summed E-state index contributed by atoms with van der Waals surface area (Å²) in [6.07, 6.45) is 0.0131. The van der Waals surface area contributed by atoms with Gasteiger partial charge in [0, 0.05) is 19.6 Å². The Labute approximate surface area is 112 Å². The normalized spacial score (nSPS) is 12.3. The summed E-state index contributed by atoms with van der Waals surface area (Å²) in [5, 5.41) is 17.7. The summed E-state index contributed by atoms with van der Waals surface area (Å²) in [5.74, 6) is -2.26. The molecule has 0 aliphatic carbocycles. The molecule has 1 aromatic carbocycles. The number of carboxylic acid groups (broad SMARTS) is 2. The van der Waals surface area contributed by atoms with Gasteiger partial charge < -0.3 is 10.2 Å². The number of rotatable bonds is 8. The Kier molecular flexibility index (Phi) is 6.02. The van der Waals surface area contributed by atoms with Crippen molar-refractivity contribution in [3.8, 4) is 0 Å². The van der Waals surface area contributed by atoms with E-state index in [1.54, 1.807) is 6.92 Å². The second kappa shape index (κ2) is 7.53. The third-order valence-corrected chi connectivity index (χ3v) is 2.84. The number of nitrogens with zero attached hydrogens (tertiary/aromatic N) is 1. The van der Waals surface area contributed by atoms with Crippen LogP contribution in [0.3, 0.4) is 0 Å². The maximum Gasteiger partial charge on any atom is 0.307 e. The quantitative estimate of drug-likeness (QED) is 0.747. The highest BCUT2D eigenvalue weighted by atomic mass is 16.4. The lowest BCUT2D eigenvalue weighted by atomic mass is 10.1. The summed E-state index contributed by atoms with van der Waals surface area (Å²) in [5.41, 5.74) is 1.05. The van der Waals surface area contributed by atoms with Crippen molar-refractivity contribution in [1.82, 2.24) is 4.90 Å². The lowest BCUT2D eigenvalue weighted by Gasteiger charge is -2.23. The van der Waals surface area contributed by atoms with Gasteiger partial charge in [0.25, 0.3) is 0 Å². The summed E-state index contributed by atoms with van der Waals surface area (Å²) >= 11 is 0. The van der Waals surface area contributed by atoms with Crippen molar-refractivity contribution in [2.24, 2.45) is 5.92 Å². The van der Waals surface area contributed by atoms with Crippen molar-refractivity contribution in [3.05, 3.63) is 35.9 Å². The number of aliphatic carboxylic acids is 2. The first-order valence-electron chi connectivity index (χ1n) is 6.20. The van der Waals surface area contributed by atoms with Gasteiger partial charge in [-0.1, -0.05) is 37.3 Å². The van der Waals surface area contributed by atoms with Crippen LogP contribution in [-0.4, -0.2) is 40.1 Å². The van der Waals surface area contributed by atoms with E-state index in [4.69, 9.17) is 10.2 Å². The Hall–Kier alpha value is -1.88. The van der Waals surface area contributed by atoms with Crippen LogP contribution in [0.5, 0.6) is 0 Å². The van der Waals surface area contributed by atoms with Gasteiger partial charge in [0.2, 0.25) is 0 Å². The van der Waals surface area contributed by atoms with Crippen molar-refractivity contribution in [1.29, 1.82) is 0 Å². The molecule has 0 aromatic heterocycles. The molecule has 1 unspecified atom stereocenters. The molecule has 1 atom stereocenters. The van der Waals surface area contributed by atoms with Gasteiger partial charge in [-0.2, -0.15) is 0 Å². The van der Waals surface area contributed by atoms with Crippen LogP contribution >= 0.6 is 0 Å². The van der Waals surface area contributed by atoms with Crippen LogP contribution < -0.4 is 0 Å². The zero-order valence-electron chi connectivity index (χ0n) is 11.0. The summed E-state index contributed by atoms with van der Waals surface area (Å²) in [7, 11) is 0. The van der Waals surface area contributed by atoms with E-state index >= 15 is 0 Å². The Balaban J connectivity index is 2.63. The number of carbonyl (C=O) groups is 2. The van der Waals surface area contributed by atoms with Crippen molar-refractivity contribution < 1.29 is 19.8 Å². The predicted octanol–water partition coefficient (Wildman–Crippen LogP) is 1.68. The molecule has 104 valence electrons. The smallest absolute Gasteiger partial charge is 0.307 e. The zero-order chi connectivity index (χ0) is 14.3. The Morgan fingerprint density at radius 3 is 2.37 bits per heavy atom. The number of hydrogen-bond donors (Lipinski definition) is 2. The summed E-state index contributed by atoms with van der Waals surface area (Å²) in [6.45, 7) is 2.88. The van der Waals surface area contributed by atoms with E-state index in [1.165, 1.54) is 0 Å². The Morgan fingerprint density at radius 2 is 1.84 bits per heavy atom. The van der Waals surface area contributed by atoms with E-state index in [0.29, 0.717) is 19.6 Å². The zero-order valence-corrected chi connectivity index (χ0v) is 11.0. The monoisotopic (exact) mass is 265 g/mol. The van der Waals surface area contributed by atoms with Crippen LogP contribution in [0.25, 0.3) is 0 Å². The van der Waals surface area contributed by atoms with Gasteiger partial charge in [0.05, 0.1) is 12.3 Å². The molecular formula is C14H19NO4. The lowest BCUT2D eigenvalue weighted by molar-refractivity contribution is -0.141. The molecule has 0 heterocycles. The molecule has 5 nitrogen and oxygen atoms in total. The molecule has 0 bridgehead atoms. The number of carboxylic acids is 2. The van der Waals surface area contributed by atoms with E-state index in [0.717, 1.165) is 5.56 Å². The topological polar surface area (TPSA) is 77.8 Å². The SMILES string of the molecule is CC(CN(CCC(=O)O)Cc1ccccc1)C(=O)O. The molecule has 0 radical (unpaired) electrons. The molecule has 2 N–H and O–H groups in total. The summed E-state index contributed by atoms with van der Waals surface area (Å²) < 4.78 is 0. The molecule has 5 heteroatoms. The standard InChI is InChI=1S/C14H19NO4/c1-11(14(18)19)9-15(8-7-13(16)17)10-12-5-3-2-4-6-12/h2-6,11H,7-10H2,1H3,(H,16,17)(H,18,19). The van der Waals surface area contributed by atoms with Gasteiger partial charge in [-0.3, -0.25) is 14.5 Å². The highest BCUT2D eigenvalue weighted by Gasteiger charge is 2.17. The minimum atomic E-state index is -0.874. The first-order valence-corrected chi connectivity index (χ1v) is 6.20. The maximum absolute atomic E-state index is 10.9. The number of benzene rings is 1. The lowest BCUT2D eigenvalue weighted by Crippen LogP contribution is -2.33. The van der Waals surface area contributed by atoms with Crippen LogP contribution in [0.15, 0.2) is 30.3 Å². The second-order valence-corrected chi connectivity index (χ2v) is 4.60. The molecule has 0 fully saturated rings. The fourth-order valence-corrected chi connectivity index (χ4v) is 1.80. The largest absolute Gasteiger partial charge is 0.481 e. The van der Waals surface area contributed by atoms with Gasteiger partial charge in [0.15, 0.2) is 0 Å². The van der Waals surface area contributed by atoms with Gasteiger partial charge in [-0.05, 0) is 5.56 Å². The van der Waals surface area contributed by atoms with E-state index in [2.05, 4.69) is 0 Å². The molecule has 0 amide bonds. The Bertz CT molecular complexity index is 419. The summed E-state index contributed by atoms with van der Waals surface area (Å²) in [4.78, 5) is 23.4. The fraction of sp³-hybridized carbons (Fsp3) is 0.429. The van der Waals surface area contributed by atoms with Crippen molar-refractivity contribution >= 4 is 11.9 Å². The van der Waals surface area contributed by atoms with Gasteiger partial charge in [-0.25, -0.2) is 0 Å². The van der Waals surface area contributed by atoms with Crippen LogP contribution in [0.4, 0.5) is 0 Å². The average Bonchev–Trinajstić information content (AvgIpc) is 2.37. The number of hydrogen-bond acceptors (Lipinski definition) is 3. The maximum atomic E-state index is 10.9.